The molecule has 0 aliphatic carbocycles. The van der Waals surface area contributed by atoms with Crippen LogP contribution in [-0.2, 0) is 32.6 Å². The lowest BCUT2D eigenvalue weighted by Crippen LogP contribution is -2.51. The maximum Gasteiger partial charge on any atom is 0.243 e. The highest BCUT2D eigenvalue weighted by Gasteiger charge is 2.31. The van der Waals surface area contributed by atoms with E-state index in [0.717, 1.165) is 39.4 Å². The summed E-state index contributed by atoms with van der Waals surface area (Å²) in [5, 5.41) is 2.93. The van der Waals surface area contributed by atoms with Crippen LogP contribution in [0.4, 0.5) is 14.5 Å². The SMILES string of the molecule is Cc1ccc(CN(C(=O)CCCN(c2ccc(F)c(F)c2)S(C)(=O)=O)C(Cc2ccccc2)C(=O)NC(C)C)cc1. The summed E-state index contributed by atoms with van der Waals surface area (Å²) >= 11 is 0. The van der Waals surface area contributed by atoms with Crippen LogP contribution in [0.15, 0.2) is 72.8 Å². The van der Waals surface area contributed by atoms with E-state index in [2.05, 4.69) is 5.32 Å². The maximum absolute atomic E-state index is 13.9. The van der Waals surface area contributed by atoms with Crippen molar-refractivity contribution in [1.82, 2.24) is 10.2 Å². The van der Waals surface area contributed by atoms with Gasteiger partial charge in [0.15, 0.2) is 11.6 Å². The molecular weight excluding hydrogens is 548 g/mol. The van der Waals surface area contributed by atoms with E-state index >= 15 is 0 Å². The molecule has 1 unspecified atom stereocenters. The predicted molar refractivity (Wildman–Crippen MR) is 157 cm³/mol. The van der Waals surface area contributed by atoms with Gasteiger partial charge in [0.1, 0.15) is 6.04 Å². The average molecular weight is 586 g/mol. The van der Waals surface area contributed by atoms with Gasteiger partial charge in [0.05, 0.1) is 11.9 Å². The number of benzene rings is 3. The number of hydrogen-bond donors (Lipinski definition) is 1. The number of nitrogens with one attached hydrogen (secondary N) is 1. The molecule has 3 rings (SSSR count). The smallest absolute Gasteiger partial charge is 0.243 e. The highest BCUT2D eigenvalue weighted by molar-refractivity contribution is 7.92. The molecule has 0 saturated carbocycles. The second kappa shape index (κ2) is 14.2. The fourth-order valence-electron chi connectivity index (χ4n) is 4.47. The number of sulfonamides is 1. The third-order valence-corrected chi connectivity index (χ3v) is 7.71. The second-order valence-corrected chi connectivity index (χ2v) is 12.3. The van der Waals surface area contributed by atoms with Crippen molar-refractivity contribution in [3.63, 3.8) is 0 Å². The normalized spacial score (nSPS) is 12.2. The fraction of sp³-hybridized carbons (Fsp3) is 0.355. The highest BCUT2D eigenvalue weighted by Crippen LogP contribution is 2.22. The summed E-state index contributed by atoms with van der Waals surface area (Å²) in [6.45, 7) is 5.71. The van der Waals surface area contributed by atoms with Crippen LogP contribution in [0.3, 0.4) is 0 Å². The van der Waals surface area contributed by atoms with E-state index in [1.807, 2.05) is 75.4 Å². The lowest BCUT2D eigenvalue weighted by molar-refractivity contribution is -0.141. The number of aryl methyl sites for hydroxylation is 1. The Morgan fingerprint density at radius 1 is 0.902 bits per heavy atom. The van der Waals surface area contributed by atoms with Gasteiger partial charge in [-0.25, -0.2) is 17.2 Å². The van der Waals surface area contributed by atoms with Crippen LogP contribution in [0.25, 0.3) is 0 Å². The van der Waals surface area contributed by atoms with Gasteiger partial charge in [-0.1, -0.05) is 60.2 Å². The summed E-state index contributed by atoms with van der Waals surface area (Å²) in [5.74, 6) is -2.88. The van der Waals surface area contributed by atoms with Crippen LogP contribution in [0, 0.1) is 18.6 Å². The molecule has 41 heavy (non-hydrogen) atoms. The molecule has 0 heterocycles. The van der Waals surface area contributed by atoms with Gasteiger partial charge in [-0.3, -0.25) is 13.9 Å². The van der Waals surface area contributed by atoms with Gasteiger partial charge in [-0.05, 0) is 50.5 Å². The van der Waals surface area contributed by atoms with Crippen molar-refractivity contribution >= 4 is 27.5 Å². The number of anilines is 1. The number of carbonyl (C=O) groups is 2. The molecule has 2 amide bonds. The van der Waals surface area contributed by atoms with E-state index < -0.39 is 27.7 Å². The fourth-order valence-corrected chi connectivity index (χ4v) is 5.43. The first kappa shape index (κ1) is 31.7. The minimum atomic E-state index is -3.85. The summed E-state index contributed by atoms with van der Waals surface area (Å²) in [6.07, 6.45) is 1.29. The minimum Gasteiger partial charge on any atom is -0.352 e. The van der Waals surface area contributed by atoms with Gasteiger partial charge >= 0.3 is 0 Å². The molecule has 0 spiro atoms. The lowest BCUT2D eigenvalue weighted by Gasteiger charge is -2.32. The standard InChI is InChI=1S/C31H37F2N3O4S/c1-22(2)34-31(38)29(19-24-9-6-5-7-10-24)35(21-25-14-12-23(3)13-15-25)30(37)11-8-18-36(41(4,39)40)26-16-17-27(32)28(33)20-26/h5-7,9-10,12-17,20,22,29H,8,11,18-19,21H2,1-4H3,(H,34,38). The van der Waals surface area contributed by atoms with E-state index in [1.54, 1.807) is 0 Å². The molecule has 0 bridgehead atoms. The zero-order chi connectivity index (χ0) is 30.2. The number of nitrogens with zero attached hydrogens (tertiary/aromatic N) is 2. The molecule has 0 aliphatic rings. The summed E-state index contributed by atoms with van der Waals surface area (Å²) in [7, 11) is -3.85. The van der Waals surface area contributed by atoms with E-state index in [9.17, 15) is 26.8 Å². The molecule has 220 valence electrons. The molecule has 1 atom stereocenters. The molecule has 1 N–H and O–H groups in total. The molecule has 0 aliphatic heterocycles. The van der Waals surface area contributed by atoms with Gasteiger partial charge in [0, 0.05) is 38.0 Å². The molecule has 0 aromatic heterocycles. The molecule has 0 radical (unpaired) electrons. The third kappa shape index (κ3) is 9.38. The van der Waals surface area contributed by atoms with E-state index in [-0.39, 0.29) is 49.5 Å². The molecular formula is C31H37F2N3O4S. The molecule has 10 heteroatoms. The van der Waals surface area contributed by atoms with Crippen LogP contribution < -0.4 is 9.62 Å². The highest BCUT2D eigenvalue weighted by atomic mass is 32.2. The number of rotatable bonds is 13. The summed E-state index contributed by atoms with van der Waals surface area (Å²) < 4.78 is 53.2. The van der Waals surface area contributed by atoms with Gasteiger partial charge in [0.2, 0.25) is 21.8 Å². The van der Waals surface area contributed by atoms with Crippen molar-refractivity contribution in [2.75, 3.05) is 17.1 Å². The van der Waals surface area contributed by atoms with E-state index in [4.69, 9.17) is 0 Å². The quantitative estimate of drug-likeness (QED) is 0.307. The number of hydrogen-bond acceptors (Lipinski definition) is 4. The lowest BCUT2D eigenvalue weighted by atomic mass is 10.0. The van der Waals surface area contributed by atoms with Gasteiger partial charge in [-0.15, -0.1) is 0 Å². The summed E-state index contributed by atoms with van der Waals surface area (Å²) in [4.78, 5) is 28.8. The Kier molecular flexibility index (Phi) is 11.0. The first-order valence-electron chi connectivity index (χ1n) is 13.5. The van der Waals surface area contributed by atoms with Crippen molar-refractivity contribution in [3.05, 3.63) is 101 Å². The molecule has 3 aromatic carbocycles. The van der Waals surface area contributed by atoms with Crippen molar-refractivity contribution in [2.24, 2.45) is 0 Å². The Hall–Kier alpha value is -3.79. The molecule has 0 fully saturated rings. The van der Waals surface area contributed by atoms with Gasteiger partial charge in [0.25, 0.3) is 0 Å². The van der Waals surface area contributed by atoms with E-state index in [0.29, 0.717) is 6.42 Å². The van der Waals surface area contributed by atoms with Crippen LogP contribution >= 0.6 is 0 Å². The van der Waals surface area contributed by atoms with Crippen molar-refractivity contribution in [2.45, 2.75) is 58.7 Å². The molecule has 7 nitrogen and oxygen atoms in total. The van der Waals surface area contributed by atoms with E-state index in [1.165, 1.54) is 11.0 Å². The second-order valence-electron chi connectivity index (χ2n) is 10.4. The zero-order valence-electron chi connectivity index (χ0n) is 23.8. The van der Waals surface area contributed by atoms with Gasteiger partial charge in [-0.2, -0.15) is 0 Å². The minimum absolute atomic E-state index is 0.0337. The topological polar surface area (TPSA) is 86.8 Å². The Labute approximate surface area is 241 Å². The summed E-state index contributed by atoms with van der Waals surface area (Å²) in [6, 6.07) is 19.0. The van der Waals surface area contributed by atoms with Gasteiger partial charge < -0.3 is 10.2 Å². The van der Waals surface area contributed by atoms with Crippen LogP contribution in [-0.4, -0.2) is 50.0 Å². The van der Waals surface area contributed by atoms with Crippen molar-refractivity contribution < 1.29 is 26.8 Å². The van der Waals surface area contributed by atoms with Crippen molar-refractivity contribution in [3.8, 4) is 0 Å². The average Bonchev–Trinajstić information content (AvgIpc) is 2.90. The largest absolute Gasteiger partial charge is 0.352 e. The Morgan fingerprint density at radius 3 is 2.15 bits per heavy atom. The number of amides is 2. The Morgan fingerprint density at radius 2 is 1.56 bits per heavy atom. The predicted octanol–water partition coefficient (Wildman–Crippen LogP) is 4.98. The summed E-state index contributed by atoms with van der Waals surface area (Å²) in [5.41, 5.74) is 2.76. The molecule has 0 saturated heterocycles. The monoisotopic (exact) mass is 585 g/mol. The Bertz CT molecular complexity index is 1430. The maximum atomic E-state index is 13.9. The van der Waals surface area contributed by atoms with Crippen molar-refractivity contribution in [1.29, 1.82) is 0 Å². The molecule has 3 aromatic rings. The van der Waals surface area contributed by atoms with Crippen LogP contribution in [0.5, 0.6) is 0 Å². The number of halogens is 2. The zero-order valence-corrected chi connectivity index (χ0v) is 24.6. The van der Waals surface area contributed by atoms with Crippen LogP contribution in [0.1, 0.15) is 43.4 Å². The first-order valence-corrected chi connectivity index (χ1v) is 15.3. The third-order valence-electron chi connectivity index (χ3n) is 6.52. The Balaban J connectivity index is 1.88. The first-order chi connectivity index (χ1) is 19.3. The van der Waals surface area contributed by atoms with Crippen LogP contribution in [0.2, 0.25) is 0 Å². The number of carbonyl (C=O) groups excluding carboxylic acids is 2.